The molecule has 1 aromatic rings. The fraction of sp³-hybridized carbons (Fsp3) is 0.417. The largest absolute Gasteiger partial charge is 0.361 e. The van der Waals surface area contributed by atoms with E-state index in [2.05, 4.69) is 5.32 Å². The summed E-state index contributed by atoms with van der Waals surface area (Å²) in [5.74, 6) is 0.0794. The third kappa shape index (κ3) is 4.63. The van der Waals surface area contributed by atoms with Crippen molar-refractivity contribution in [1.82, 2.24) is 10.6 Å². The normalized spacial score (nSPS) is 12.9. The molecule has 0 bridgehead atoms. The number of benzene rings is 1. The smallest absolute Gasteiger partial charge is 0.337 e. The summed E-state index contributed by atoms with van der Waals surface area (Å²) >= 11 is 5.29. The topological polar surface area (TPSA) is 41.1 Å². The van der Waals surface area contributed by atoms with Gasteiger partial charge in [-0.2, -0.15) is 8.78 Å². The summed E-state index contributed by atoms with van der Waals surface area (Å²) < 4.78 is 40.7. The van der Waals surface area contributed by atoms with Crippen molar-refractivity contribution in [3.8, 4) is 0 Å². The lowest BCUT2D eigenvalue weighted by Gasteiger charge is -2.22. The van der Waals surface area contributed by atoms with Gasteiger partial charge in [0.1, 0.15) is 0 Å². The maximum atomic E-state index is 13.7. The highest BCUT2D eigenvalue weighted by Gasteiger charge is 2.42. The summed E-state index contributed by atoms with van der Waals surface area (Å²) in [5, 5.41) is 3.36. The molecule has 1 aromatic carbocycles. The second kappa shape index (κ2) is 6.65. The zero-order valence-electron chi connectivity index (χ0n) is 10.2. The van der Waals surface area contributed by atoms with E-state index in [0.29, 0.717) is 0 Å². The number of amides is 2. The molecule has 0 saturated carbocycles. The lowest BCUT2D eigenvalue weighted by molar-refractivity contribution is -0.0915. The van der Waals surface area contributed by atoms with Crippen molar-refractivity contribution < 1.29 is 18.0 Å². The van der Waals surface area contributed by atoms with Crippen molar-refractivity contribution in [2.75, 3.05) is 12.4 Å². The maximum Gasteiger partial charge on any atom is 0.361 e. The van der Waals surface area contributed by atoms with Crippen LogP contribution in [0.15, 0.2) is 24.3 Å². The molecular weight excluding hydrogens is 281 g/mol. The van der Waals surface area contributed by atoms with Crippen molar-refractivity contribution in [3.63, 3.8) is 0 Å². The Bertz CT molecular complexity index is 425. The fourth-order valence-electron chi connectivity index (χ4n) is 1.36. The first kappa shape index (κ1) is 15.6. The van der Waals surface area contributed by atoms with Crippen LogP contribution in [0.1, 0.15) is 17.3 Å². The number of nitrogens with one attached hydrogen (secondary N) is 2. The van der Waals surface area contributed by atoms with Gasteiger partial charge in [0.25, 0.3) is 0 Å². The minimum absolute atomic E-state index is 0.0188. The zero-order valence-corrected chi connectivity index (χ0v) is 11.0. The number of alkyl halides is 4. The van der Waals surface area contributed by atoms with Crippen LogP contribution in [-0.2, 0) is 0 Å². The van der Waals surface area contributed by atoms with Crippen molar-refractivity contribution in [2.24, 2.45) is 0 Å². The van der Waals surface area contributed by atoms with E-state index in [1.165, 1.54) is 29.6 Å². The molecule has 0 heterocycles. The van der Waals surface area contributed by atoms with Gasteiger partial charge in [-0.1, -0.05) is 29.8 Å². The van der Waals surface area contributed by atoms with Gasteiger partial charge < -0.3 is 5.32 Å². The molecule has 0 spiro atoms. The second-order valence-corrected chi connectivity index (χ2v) is 4.34. The molecule has 0 aliphatic carbocycles. The minimum atomic E-state index is -3.99. The number of rotatable bonds is 5. The van der Waals surface area contributed by atoms with E-state index in [9.17, 15) is 18.0 Å². The molecule has 3 nitrogen and oxygen atoms in total. The Labute approximate surface area is 114 Å². The highest BCUT2D eigenvalue weighted by molar-refractivity contribution is 6.18. The summed E-state index contributed by atoms with van der Waals surface area (Å²) in [6.07, 6.45) is -2.62. The molecule has 0 saturated heterocycles. The predicted octanol–water partition coefficient (Wildman–Crippen LogP) is 3.14. The first-order valence-corrected chi connectivity index (χ1v) is 6.10. The van der Waals surface area contributed by atoms with Gasteiger partial charge >= 0.3 is 12.1 Å². The molecule has 0 aliphatic rings. The van der Waals surface area contributed by atoms with Gasteiger partial charge in [-0.15, -0.1) is 11.6 Å². The number of carbonyl (C=O) groups is 1. The van der Waals surface area contributed by atoms with E-state index in [4.69, 9.17) is 11.6 Å². The number of carbonyl (C=O) groups excluding carboxylic acids is 1. The van der Waals surface area contributed by atoms with Crippen molar-refractivity contribution in [2.45, 2.75) is 19.1 Å². The number of hydrogen-bond donors (Lipinski definition) is 2. The molecule has 1 atom stereocenters. The Kier molecular flexibility index (Phi) is 5.47. The van der Waals surface area contributed by atoms with E-state index < -0.39 is 18.2 Å². The number of urea groups is 1. The van der Waals surface area contributed by atoms with Gasteiger partial charge in [0.2, 0.25) is 6.17 Å². The number of halogens is 4. The van der Waals surface area contributed by atoms with E-state index in [-0.39, 0.29) is 18.0 Å². The van der Waals surface area contributed by atoms with Crippen LogP contribution in [0.25, 0.3) is 0 Å². The predicted molar refractivity (Wildman–Crippen MR) is 67.2 cm³/mol. The molecule has 106 valence electrons. The standard InChI is InChI=1S/C12H14ClF3N2O/c1-8-2-4-9(5-3-8)10(14)12(15,16)18-11(19)17-7-6-13/h2-5,10H,6-7H2,1H3,(H2,17,18,19). The van der Waals surface area contributed by atoms with Gasteiger partial charge in [-0.05, 0) is 12.5 Å². The van der Waals surface area contributed by atoms with Crippen molar-refractivity contribution in [3.05, 3.63) is 35.4 Å². The minimum Gasteiger partial charge on any atom is -0.337 e. The monoisotopic (exact) mass is 294 g/mol. The van der Waals surface area contributed by atoms with E-state index in [1.807, 2.05) is 0 Å². The molecule has 19 heavy (non-hydrogen) atoms. The molecule has 0 radical (unpaired) electrons. The molecule has 0 aliphatic heterocycles. The number of hydrogen-bond acceptors (Lipinski definition) is 1. The van der Waals surface area contributed by atoms with Crippen LogP contribution in [0.2, 0.25) is 0 Å². The van der Waals surface area contributed by atoms with Crippen LogP contribution in [0.5, 0.6) is 0 Å². The van der Waals surface area contributed by atoms with E-state index >= 15 is 0 Å². The summed E-state index contributed by atoms with van der Waals surface area (Å²) in [7, 11) is 0. The SMILES string of the molecule is Cc1ccc(C(F)C(F)(F)NC(=O)NCCCl)cc1. The Hall–Kier alpha value is -1.43. The Morgan fingerprint density at radius 2 is 1.95 bits per heavy atom. The van der Waals surface area contributed by atoms with Crippen LogP contribution in [0.3, 0.4) is 0 Å². The molecule has 0 fully saturated rings. The highest BCUT2D eigenvalue weighted by atomic mass is 35.5. The molecule has 0 aromatic heterocycles. The Balaban J connectivity index is 2.70. The zero-order chi connectivity index (χ0) is 14.5. The quantitative estimate of drug-likeness (QED) is 0.636. The maximum absolute atomic E-state index is 13.7. The van der Waals surface area contributed by atoms with Crippen LogP contribution >= 0.6 is 11.6 Å². The second-order valence-electron chi connectivity index (χ2n) is 3.97. The molecule has 1 unspecified atom stereocenters. The summed E-state index contributed by atoms with van der Waals surface area (Å²) in [4.78, 5) is 11.1. The van der Waals surface area contributed by atoms with Gasteiger partial charge in [0.05, 0.1) is 0 Å². The van der Waals surface area contributed by atoms with Gasteiger partial charge in [0.15, 0.2) is 0 Å². The summed E-state index contributed by atoms with van der Waals surface area (Å²) in [5.41, 5.74) is 0.625. The molecule has 1 rings (SSSR count). The van der Waals surface area contributed by atoms with Crippen LogP contribution in [0, 0.1) is 6.92 Å². The molecular formula is C12H14ClF3N2O. The average Bonchev–Trinajstić information content (AvgIpc) is 2.36. The Morgan fingerprint density at radius 3 is 2.47 bits per heavy atom. The van der Waals surface area contributed by atoms with Crippen molar-refractivity contribution >= 4 is 17.6 Å². The third-order valence-corrected chi connectivity index (χ3v) is 2.54. The summed E-state index contributed by atoms with van der Waals surface area (Å²) in [6, 6.07) is 0.391. The average molecular weight is 295 g/mol. The lowest BCUT2D eigenvalue weighted by atomic mass is 10.1. The Morgan fingerprint density at radius 1 is 1.37 bits per heavy atom. The van der Waals surface area contributed by atoms with Gasteiger partial charge in [0, 0.05) is 12.4 Å². The molecule has 7 heteroatoms. The van der Waals surface area contributed by atoms with Crippen LogP contribution in [0.4, 0.5) is 18.0 Å². The van der Waals surface area contributed by atoms with Gasteiger partial charge in [-0.25, -0.2) is 9.18 Å². The number of aryl methyl sites for hydroxylation is 1. The third-order valence-electron chi connectivity index (χ3n) is 2.35. The van der Waals surface area contributed by atoms with E-state index in [0.717, 1.165) is 5.56 Å². The first-order valence-electron chi connectivity index (χ1n) is 5.57. The molecule has 2 N–H and O–H groups in total. The highest BCUT2D eigenvalue weighted by Crippen LogP contribution is 2.32. The van der Waals surface area contributed by atoms with Gasteiger partial charge in [-0.3, -0.25) is 5.32 Å². The fourth-order valence-corrected chi connectivity index (χ4v) is 1.46. The first-order chi connectivity index (χ1) is 8.86. The van der Waals surface area contributed by atoms with Crippen LogP contribution in [-0.4, -0.2) is 24.5 Å². The van der Waals surface area contributed by atoms with E-state index in [1.54, 1.807) is 6.92 Å². The lowest BCUT2D eigenvalue weighted by Crippen LogP contribution is -2.49. The van der Waals surface area contributed by atoms with Crippen LogP contribution < -0.4 is 10.6 Å². The molecule has 2 amide bonds. The van der Waals surface area contributed by atoms with Crippen molar-refractivity contribution in [1.29, 1.82) is 0 Å². The summed E-state index contributed by atoms with van der Waals surface area (Å²) in [6.45, 7) is 1.78.